The van der Waals surface area contributed by atoms with Crippen LogP contribution in [0.3, 0.4) is 0 Å². The quantitative estimate of drug-likeness (QED) is 0.126. The molecule has 144 heavy (non-hydrogen) atoms. The summed E-state index contributed by atoms with van der Waals surface area (Å²) in [6.07, 6.45) is 0. The lowest BCUT2D eigenvalue weighted by atomic mass is 9.86. The van der Waals surface area contributed by atoms with E-state index in [1.54, 1.807) is 60.7 Å². The van der Waals surface area contributed by atoms with Gasteiger partial charge in [0.15, 0.2) is 0 Å². The molecular weight excluding hydrogens is 1730 g/mol. The van der Waals surface area contributed by atoms with Crippen LogP contribution in [0.15, 0.2) is 508 Å². The molecule has 0 heterocycles. The number of rotatable bonds is 9. The molecule has 0 aromatic heterocycles. The summed E-state index contributed by atoms with van der Waals surface area (Å²) < 4.78 is 519. The van der Waals surface area contributed by atoms with Crippen LogP contribution >= 0.6 is 0 Å². The summed E-state index contributed by atoms with van der Waals surface area (Å²) in [5, 5.41) is 4.82. The smallest absolute Gasteiger partial charge is 0.0616 e. The molecule has 0 bridgehead atoms. The van der Waals surface area contributed by atoms with Gasteiger partial charge in [0, 0.05) is 0 Å². The molecule has 33 aromatic rings. The van der Waals surface area contributed by atoms with E-state index in [4.69, 9.17) is 43.9 Å². The van der Waals surface area contributed by atoms with Crippen molar-refractivity contribution < 1.29 is 78.1 Å². The van der Waals surface area contributed by atoms with E-state index in [9.17, 15) is 34.3 Å². The van der Waals surface area contributed by atoms with E-state index in [1.807, 2.05) is 91.0 Å². The molecule has 0 aliphatic heterocycles. The molecule has 0 unspecified atom stereocenters. The van der Waals surface area contributed by atoms with Crippen molar-refractivity contribution in [2.24, 2.45) is 0 Å². The third kappa shape index (κ3) is 12.3. The molecule has 0 nitrogen and oxygen atoms in total. The first-order valence-corrected chi connectivity index (χ1v) is 45.7. The Labute approximate surface area is 909 Å². The minimum Gasteiger partial charge on any atom is -0.0616 e. The van der Waals surface area contributed by atoms with Crippen molar-refractivity contribution in [1.29, 1.82) is 0 Å². The molecule has 0 atom stereocenters. The Morgan fingerprint density at radius 2 is 0.389 bits per heavy atom. The molecule has 0 saturated heterocycles. The SMILES string of the molecule is [2H]c1c(-c2c([2H])c([2H])c3c([2H])c([2H])c4c([2H])c([2H])c([2H])c5c([2H])c([2H])c2c3c45)cc2ccccc2c1-c1ccc(-c2c([2H])c([2H])c3c([2H])c([2H])c4c([2H])c([2H])c([2H])c5c([2H])c([2H])c2c3c45)cc1.[2H]c1c([2H])c(-c2c([2H])c(-c3ccc4ccc5cccc6ccc3c4c56)c([2H])c3c([2H])c([2H])c([2H])c([2H])c23)c([2H])c([2H])c1-c1ccc2ccc3cccc4ccc1c2c34.[2H]c1c([2H])c(-c2c([2H])c([2H])c(-c3c([2H])c([2H])c4c([2H])c([2H])c5c([2H])c([2H])c([2H])c6c([2H])c([2H])c3c4c56)c3c([2H])c([2H])c([2H])c([2H])c23)c([2H])c(-c2c([2H])c([2H])c3c([2H])c([2H])c4c([2H])c([2H])c([2H])c5c([2H])c([2H])c2c3c45)c1[2H]. The highest BCUT2D eigenvalue weighted by atomic mass is 14.3. The van der Waals surface area contributed by atoms with Gasteiger partial charge in [-0.15, -0.1) is 0 Å². The normalized spacial score (nSPS) is 17.7. The summed E-state index contributed by atoms with van der Waals surface area (Å²) in [5.74, 6) is 0. The van der Waals surface area contributed by atoms with Crippen LogP contribution in [-0.2, 0) is 0 Å². The molecule has 0 fully saturated rings. The first-order valence-electron chi connectivity index (χ1n) is 74.2. The Morgan fingerprint density at radius 1 is 0.104 bits per heavy atom. The second-order valence-electron chi connectivity index (χ2n) is 35.2. The van der Waals surface area contributed by atoms with Gasteiger partial charge in [0.2, 0.25) is 0 Å². The molecule has 660 valence electrons. The first-order chi connectivity index (χ1) is 95.2. The van der Waals surface area contributed by atoms with E-state index in [-0.39, 0.29) is 166 Å². The molecule has 0 amide bonds. The zero-order valence-corrected chi connectivity index (χ0v) is 74.1. The zero-order chi connectivity index (χ0) is 144. The minimum atomic E-state index is -1.08. The van der Waals surface area contributed by atoms with E-state index < -0.39 is 401 Å². The molecule has 0 aliphatic carbocycles. The van der Waals surface area contributed by atoms with Crippen LogP contribution in [0.4, 0.5) is 0 Å². The van der Waals surface area contributed by atoms with Crippen LogP contribution in [0.1, 0.15) is 78.1 Å². The number of hydrogen-bond acceptors (Lipinski definition) is 0. The summed E-state index contributed by atoms with van der Waals surface area (Å²) >= 11 is 0. The fourth-order valence-electron chi connectivity index (χ4n) is 21.1. The monoisotopic (exact) mass is 1870 g/mol. The highest BCUT2D eigenvalue weighted by Crippen LogP contribution is 2.52. The molecule has 33 rings (SSSR count). The van der Waals surface area contributed by atoms with Crippen molar-refractivity contribution in [3.8, 4) is 100 Å². The summed E-state index contributed by atoms with van der Waals surface area (Å²) in [5.41, 5.74) is -2.83. The molecule has 33 aromatic carbocycles. The lowest BCUT2D eigenvalue weighted by molar-refractivity contribution is 1.62. The highest BCUT2D eigenvalue weighted by molar-refractivity contribution is 6.33. The highest BCUT2D eigenvalue weighted by Gasteiger charge is 2.24. The molecule has 0 radical (unpaired) electrons. The van der Waals surface area contributed by atoms with Crippen molar-refractivity contribution in [3.05, 3.63) is 508 Å². The number of benzene rings is 33. The number of fused-ring (bicyclic) bond motifs is 3. The van der Waals surface area contributed by atoms with Gasteiger partial charge in [0.1, 0.15) is 0 Å². The number of hydrogen-bond donors (Lipinski definition) is 0. The topological polar surface area (TPSA) is 0 Å². The molecule has 0 saturated carbocycles. The molecule has 0 N–H and O–H groups in total. The van der Waals surface area contributed by atoms with Crippen LogP contribution in [0.2, 0.25) is 0 Å². The zero-order valence-electron chi connectivity index (χ0n) is 131. The fraction of sp³-hybridized carbons (Fsp3) is 0. The summed E-state index contributed by atoms with van der Waals surface area (Å²) in [7, 11) is 0. The van der Waals surface area contributed by atoms with Gasteiger partial charge in [-0.3, -0.25) is 0 Å². The third-order valence-electron chi connectivity index (χ3n) is 27.6. The van der Waals surface area contributed by atoms with Gasteiger partial charge >= 0.3 is 0 Å². The van der Waals surface area contributed by atoms with Gasteiger partial charge in [-0.2, -0.15) is 0 Å². The summed E-state index contributed by atoms with van der Waals surface area (Å²) in [6.45, 7) is 0. The van der Waals surface area contributed by atoms with Gasteiger partial charge in [-0.1, -0.05) is 478 Å². The fourth-order valence-corrected chi connectivity index (χ4v) is 21.1. The Bertz CT molecular complexity index is 14800. The first kappa shape index (κ1) is 42.9. The van der Waals surface area contributed by atoms with Crippen molar-refractivity contribution in [2.45, 2.75) is 0 Å². The summed E-state index contributed by atoms with van der Waals surface area (Å²) in [4.78, 5) is 0. The second-order valence-corrected chi connectivity index (χ2v) is 35.2. The maximum Gasteiger partial charge on any atom is 0.0636 e. The Balaban J connectivity index is 0.000000125. The molecule has 0 aliphatic rings. The maximum absolute atomic E-state index is 9.89. The van der Waals surface area contributed by atoms with Gasteiger partial charge < -0.3 is 0 Å². The molecular formula is C144H84. The van der Waals surface area contributed by atoms with Gasteiger partial charge in [-0.25, -0.2) is 0 Å². The second kappa shape index (κ2) is 31.4. The molecule has 0 spiro atoms. The molecule has 0 heteroatoms. The van der Waals surface area contributed by atoms with E-state index in [1.165, 1.54) is 0 Å². The van der Waals surface area contributed by atoms with E-state index in [2.05, 4.69) is 12.1 Å². The van der Waals surface area contributed by atoms with E-state index in [0.29, 0.717) is 38.6 Å². The largest absolute Gasteiger partial charge is 0.0636 e. The average molecular weight is 1870 g/mol. The van der Waals surface area contributed by atoms with Crippen LogP contribution in [0, 0.1) is 0 Å². The van der Waals surface area contributed by atoms with Crippen LogP contribution in [0.5, 0.6) is 0 Å². The summed E-state index contributed by atoms with van der Waals surface area (Å²) in [6, 6.07) is 13.0. The average Bonchev–Trinajstić information content (AvgIpc) is 0.679. The Hall–Kier alpha value is -18.7. The van der Waals surface area contributed by atoms with Crippen molar-refractivity contribution in [1.82, 2.24) is 0 Å². The third-order valence-corrected chi connectivity index (χ3v) is 27.6. The maximum atomic E-state index is 9.89. The van der Waals surface area contributed by atoms with Crippen LogP contribution in [-0.4, -0.2) is 0 Å². The Kier molecular flexibility index (Phi) is 9.36. The predicted octanol–water partition coefficient (Wildman–Crippen LogP) is 40.9. The van der Waals surface area contributed by atoms with Gasteiger partial charge in [0.25, 0.3) is 0 Å². The minimum absolute atomic E-state index is 0.00421. The van der Waals surface area contributed by atoms with Crippen LogP contribution < -0.4 is 0 Å². The lowest BCUT2D eigenvalue weighted by Crippen LogP contribution is -1.90. The van der Waals surface area contributed by atoms with Crippen LogP contribution in [0.25, 0.3) is 326 Å². The Morgan fingerprint density at radius 3 is 0.868 bits per heavy atom. The van der Waals surface area contributed by atoms with Gasteiger partial charge in [-0.05, 0) is 357 Å². The van der Waals surface area contributed by atoms with Gasteiger partial charge in [0.05, 0.1) is 78.1 Å². The van der Waals surface area contributed by atoms with Crippen molar-refractivity contribution in [3.63, 3.8) is 0 Å². The van der Waals surface area contributed by atoms with E-state index in [0.717, 1.165) is 64.6 Å². The predicted molar refractivity (Wildman–Crippen MR) is 623 cm³/mol. The standard InChI is InChI=1S/3C48H28/c1-2-13-40-39(12-1)37(26-27-41(40)42-23-19-34-17-15-30-7-4-9-32-21-25-44(42)48(34)46(30)32)35-10-5-11-36(28-35)38-22-18-33-16-14-29-6-3-8-31-20-24-43(38)47(33)45(29)31;2*1-2-10-39-37(5-1)27-38(41-24-20-36-18-16-32-7-4-9-34-22-26-43(41)48(36)46(32)34)28-44(39)30-13-11-29(12-14-30)40-23-19-35-17-15-31-6-3-8-33-21-25-42(40)47(35)45(31)33/h3*1-28H/i1D,2D,3D,4D,5D,6D,7D,8D,9D,10D,11D,12D,13D,14D,15D,16D,17D,18D,19D,20D,21D,22D,23D,24D,25D,26D,27D,28D;3D,4D,6D,7D,8D,9D,15D,16D,17D,18D,19D,20D,21D,22D,23D,24D,25D,26D,28D;1D,2D,5D,10D,11D,12D,13D,14D,27D,28D. The van der Waals surface area contributed by atoms with E-state index >= 15 is 0 Å². The van der Waals surface area contributed by atoms with Crippen molar-refractivity contribution in [2.75, 3.05) is 0 Å². The van der Waals surface area contributed by atoms with Crippen molar-refractivity contribution >= 4 is 226 Å². The lowest BCUT2D eigenvalue weighted by Gasteiger charge is -2.17.